The molecule has 0 aliphatic heterocycles. The molecule has 0 aromatic heterocycles. The molecule has 30 heavy (non-hydrogen) atoms. The van der Waals surface area contributed by atoms with Gasteiger partial charge in [-0.05, 0) is 63.3 Å². The van der Waals surface area contributed by atoms with Crippen molar-refractivity contribution >= 4 is 0 Å². The van der Waals surface area contributed by atoms with Crippen molar-refractivity contribution in [2.24, 2.45) is 0 Å². The van der Waals surface area contributed by atoms with Crippen LogP contribution in [-0.4, -0.2) is 0 Å². The highest BCUT2D eigenvalue weighted by Gasteiger charge is 2.16. The minimum atomic E-state index is 1.10. The molecule has 1 aliphatic carbocycles. The Labute approximate surface area is 182 Å². The van der Waals surface area contributed by atoms with E-state index in [1.165, 1.54) is 50.1 Å². The Morgan fingerprint density at radius 3 is 1.47 bits per heavy atom. The van der Waals surface area contributed by atoms with Gasteiger partial charge in [-0.15, -0.1) is 0 Å². The molecule has 5 rings (SSSR count). The van der Waals surface area contributed by atoms with Crippen molar-refractivity contribution in [3.63, 3.8) is 0 Å². The van der Waals surface area contributed by atoms with Gasteiger partial charge in [0.05, 0.1) is 0 Å². The third kappa shape index (κ3) is 5.94. The molecule has 0 nitrogen and oxygen atoms in total. The zero-order chi connectivity index (χ0) is 21.5. The van der Waals surface area contributed by atoms with Crippen LogP contribution in [0.4, 0.5) is 0 Å². The van der Waals surface area contributed by atoms with Gasteiger partial charge in [0, 0.05) is 0 Å². The van der Waals surface area contributed by atoms with E-state index < -0.39 is 0 Å². The summed E-state index contributed by atoms with van der Waals surface area (Å²) in [7, 11) is 0. The molecule has 0 bridgehead atoms. The number of benzene rings is 4. The monoisotopic (exact) mass is 392 g/mol. The Bertz CT molecular complexity index is 1060. The van der Waals surface area contributed by atoms with Crippen molar-refractivity contribution < 1.29 is 0 Å². The third-order valence-electron chi connectivity index (χ3n) is 5.35. The van der Waals surface area contributed by atoms with Crippen molar-refractivity contribution in [2.75, 3.05) is 0 Å². The Kier molecular flexibility index (Phi) is 7.25. The quantitative estimate of drug-likeness (QED) is 0.249. The van der Waals surface area contributed by atoms with Crippen LogP contribution in [-0.2, 0) is 6.42 Å². The molecule has 0 unspecified atom stereocenters. The second-order valence-corrected chi connectivity index (χ2v) is 8.31. The van der Waals surface area contributed by atoms with Gasteiger partial charge in [0.1, 0.15) is 0 Å². The lowest BCUT2D eigenvalue weighted by Gasteiger charge is -2.01. The van der Waals surface area contributed by atoms with Gasteiger partial charge in [0.25, 0.3) is 0 Å². The zero-order valence-corrected chi connectivity index (χ0v) is 18.9. The number of hydrogen-bond donors (Lipinski definition) is 0. The Hall–Kier alpha value is -3.12. The van der Waals surface area contributed by atoms with Gasteiger partial charge in [-0.3, -0.25) is 0 Å². The predicted molar refractivity (Wildman–Crippen MR) is 131 cm³/mol. The van der Waals surface area contributed by atoms with Gasteiger partial charge >= 0.3 is 0 Å². The van der Waals surface area contributed by atoms with Crippen LogP contribution in [0, 0.1) is 34.6 Å². The highest BCUT2D eigenvalue weighted by Crippen LogP contribution is 2.36. The maximum Gasteiger partial charge on any atom is -0.00135 e. The minimum absolute atomic E-state index is 1.10. The van der Waals surface area contributed by atoms with Crippen LogP contribution >= 0.6 is 0 Å². The second-order valence-electron chi connectivity index (χ2n) is 8.31. The summed E-state index contributed by atoms with van der Waals surface area (Å²) in [5.74, 6) is 0. The van der Waals surface area contributed by atoms with E-state index in [1.54, 1.807) is 0 Å². The molecule has 0 fully saturated rings. The molecular formula is C30H32. The molecule has 152 valence electrons. The van der Waals surface area contributed by atoms with E-state index in [-0.39, 0.29) is 0 Å². The van der Waals surface area contributed by atoms with E-state index in [0.717, 1.165) is 6.42 Å². The fourth-order valence-corrected chi connectivity index (χ4v) is 3.68. The van der Waals surface area contributed by atoms with Gasteiger partial charge < -0.3 is 0 Å². The van der Waals surface area contributed by atoms with Crippen LogP contribution in [0.1, 0.15) is 38.9 Å². The van der Waals surface area contributed by atoms with Crippen LogP contribution in [0.5, 0.6) is 0 Å². The lowest BCUT2D eigenvalue weighted by Crippen LogP contribution is -1.80. The summed E-state index contributed by atoms with van der Waals surface area (Å²) >= 11 is 0. The van der Waals surface area contributed by atoms with Crippen LogP contribution in [0.25, 0.3) is 11.1 Å². The molecule has 0 saturated heterocycles. The summed E-state index contributed by atoms with van der Waals surface area (Å²) in [4.78, 5) is 0. The molecule has 0 atom stereocenters. The first kappa shape index (κ1) is 21.6. The summed E-state index contributed by atoms with van der Waals surface area (Å²) < 4.78 is 0. The first-order valence-electron chi connectivity index (χ1n) is 10.7. The van der Waals surface area contributed by atoms with Crippen LogP contribution in [0.3, 0.4) is 0 Å². The van der Waals surface area contributed by atoms with Crippen molar-refractivity contribution in [3.8, 4) is 11.1 Å². The average Bonchev–Trinajstić information content (AvgIpc) is 3.09. The topological polar surface area (TPSA) is 0 Å². The van der Waals surface area contributed by atoms with Gasteiger partial charge in [0.2, 0.25) is 0 Å². The molecule has 4 aromatic carbocycles. The average molecular weight is 393 g/mol. The molecule has 1 aliphatic rings. The van der Waals surface area contributed by atoms with Crippen molar-refractivity contribution in [3.05, 3.63) is 130 Å². The molecule has 0 heterocycles. The van der Waals surface area contributed by atoms with E-state index >= 15 is 0 Å². The smallest absolute Gasteiger partial charge is 0.00135 e. The highest BCUT2D eigenvalue weighted by molar-refractivity contribution is 5.77. The lowest BCUT2D eigenvalue weighted by atomic mass is 10.0. The normalized spacial score (nSPS) is 10.7. The Balaban J connectivity index is 0.000000138. The largest absolute Gasteiger partial charge is 0.0619 e. The van der Waals surface area contributed by atoms with Crippen molar-refractivity contribution in [1.82, 2.24) is 0 Å². The molecule has 0 spiro atoms. The van der Waals surface area contributed by atoms with E-state index in [9.17, 15) is 0 Å². The number of hydrogen-bond acceptors (Lipinski definition) is 0. The zero-order valence-electron chi connectivity index (χ0n) is 18.9. The summed E-state index contributed by atoms with van der Waals surface area (Å²) in [5, 5.41) is 0. The SMILES string of the molecule is Cc1ccc(C)cc1.Cc1ccc2c(c1)-c1ccccc1C2.Cc1cccc(C)c1. The molecule has 0 radical (unpaired) electrons. The Morgan fingerprint density at radius 2 is 0.900 bits per heavy atom. The van der Waals surface area contributed by atoms with E-state index in [1.807, 2.05) is 0 Å². The molecule has 0 N–H and O–H groups in total. The maximum atomic E-state index is 2.29. The summed E-state index contributed by atoms with van der Waals surface area (Å²) in [6, 6.07) is 32.4. The standard InChI is InChI=1S/C14H12.2C8H10/c1-10-6-7-12-9-11-4-2-3-5-13(11)14(12)8-10;1-7-3-5-8(2)6-4-7;1-7-4-3-5-8(2)6-7/h2-8H,9H2,1H3;2*3-6H,1-2H3. The number of rotatable bonds is 0. The number of fused-ring (bicyclic) bond motifs is 3. The van der Waals surface area contributed by atoms with Crippen LogP contribution in [0.15, 0.2) is 91.0 Å². The second kappa shape index (κ2) is 10.1. The third-order valence-corrected chi connectivity index (χ3v) is 5.35. The maximum absolute atomic E-state index is 2.29. The van der Waals surface area contributed by atoms with E-state index in [4.69, 9.17) is 0 Å². The van der Waals surface area contributed by atoms with Gasteiger partial charge in [0.15, 0.2) is 0 Å². The molecule has 0 amide bonds. The van der Waals surface area contributed by atoms with Gasteiger partial charge in [-0.2, -0.15) is 0 Å². The van der Waals surface area contributed by atoms with Gasteiger partial charge in [-0.1, -0.05) is 119 Å². The molecule has 0 saturated carbocycles. The van der Waals surface area contributed by atoms with Crippen molar-refractivity contribution in [1.29, 1.82) is 0 Å². The first-order chi connectivity index (χ1) is 14.4. The fourth-order valence-electron chi connectivity index (χ4n) is 3.68. The number of aryl methyl sites for hydroxylation is 5. The minimum Gasteiger partial charge on any atom is -0.0619 e. The van der Waals surface area contributed by atoms with Gasteiger partial charge in [-0.25, -0.2) is 0 Å². The molecule has 0 heteroatoms. The van der Waals surface area contributed by atoms with E-state index in [0.29, 0.717) is 0 Å². The summed E-state index contributed by atoms with van der Waals surface area (Å²) in [6.07, 6.45) is 1.10. The fraction of sp³-hybridized carbons (Fsp3) is 0.200. The van der Waals surface area contributed by atoms with Crippen LogP contribution < -0.4 is 0 Å². The predicted octanol–water partition coefficient (Wildman–Crippen LogP) is 8.17. The molecule has 4 aromatic rings. The Morgan fingerprint density at radius 1 is 0.400 bits per heavy atom. The first-order valence-corrected chi connectivity index (χ1v) is 10.7. The highest BCUT2D eigenvalue weighted by atomic mass is 14.2. The summed E-state index contributed by atoms with van der Waals surface area (Å²) in [5.41, 5.74) is 12.5. The van der Waals surface area contributed by atoms with E-state index in [2.05, 4.69) is 126 Å². The molecular weight excluding hydrogens is 360 g/mol. The van der Waals surface area contributed by atoms with Crippen LogP contribution in [0.2, 0.25) is 0 Å². The summed E-state index contributed by atoms with van der Waals surface area (Å²) in [6.45, 7) is 10.6. The lowest BCUT2D eigenvalue weighted by molar-refractivity contribution is 1.26. The van der Waals surface area contributed by atoms with Crippen molar-refractivity contribution in [2.45, 2.75) is 41.0 Å².